The van der Waals surface area contributed by atoms with E-state index in [0.29, 0.717) is 0 Å². The molecule has 13 rings (SSSR count). The Morgan fingerprint density at radius 2 is 0.806 bits per heavy atom. The minimum absolute atomic E-state index is 0.634. The van der Waals surface area contributed by atoms with E-state index in [1.807, 2.05) is 0 Å². The fourth-order valence-corrected chi connectivity index (χ4v) is 11.1. The Bertz CT molecular complexity index is 3780. The second-order valence-electron chi connectivity index (χ2n) is 17.5. The predicted octanol–water partition coefficient (Wildman–Crippen LogP) is 17.6. The Hall–Kier alpha value is -8.72. The minimum Gasteiger partial charge on any atom is -0.456 e. The van der Waals surface area contributed by atoms with Crippen molar-refractivity contribution < 1.29 is 4.42 Å². The van der Waals surface area contributed by atoms with Crippen LogP contribution in [0.4, 0.5) is 17.1 Å². The lowest BCUT2D eigenvalue weighted by molar-refractivity contribution is 0.669. The standard InChI is InChI=1S/C65H43NO/c1-3-20-44(21-4-1)49-26-9-10-28-51(49)46-38-40-63-56(42-46)57-43-48(39-41-64(57)67-63)66(61-36-17-13-31-55(61)52-32-19-23-45-22-7-8-27-50(45)52)62-37-18-16-35-60(62)65(47-24-5-2-6-25-47)58-33-14-11-29-53(58)54-30-12-15-34-59(54)65/h1-43H. The summed E-state index contributed by atoms with van der Waals surface area (Å²) in [6, 6.07) is 95.2. The van der Waals surface area contributed by atoms with Crippen LogP contribution in [0, 0.1) is 0 Å². The number of hydrogen-bond donors (Lipinski definition) is 0. The third-order valence-corrected chi connectivity index (χ3v) is 14.0. The highest BCUT2D eigenvalue weighted by atomic mass is 16.3. The molecule has 0 atom stereocenters. The van der Waals surface area contributed by atoms with Crippen LogP contribution < -0.4 is 4.90 Å². The van der Waals surface area contributed by atoms with Gasteiger partial charge in [-0.05, 0) is 114 Å². The molecule has 2 heteroatoms. The second kappa shape index (κ2) is 15.8. The largest absolute Gasteiger partial charge is 0.456 e. The maximum atomic E-state index is 6.68. The van der Waals surface area contributed by atoms with E-state index in [9.17, 15) is 0 Å². The van der Waals surface area contributed by atoms with Crippen LogP contribution in [0.15, 0.2) is 265 Å². The van der Waals surface area contributed by atoms with Gasteiger partial charge in [-0.1, -0.05) is 218 Å². The highest BCUT2D eigenvalue weighted by Gasteiger charge is 2.47. The van der Waals surface area contributed by atoms with E-state index < -0.39 is 5.41 Å². The molecule has 1 aromatic heterocycles. The molecule has 11 aromatic carbocycles. The number of anilines is 3. The van der Waals surface area contributed by atoms with Crippen molar-refractivity contribution in [3.05, 3.63) is 283 Å². The van der Waals surface area contributed by atoms with Crippen LogP contribution in [0.3, 0.4) is 0 Å². The quantitative estimate of drug-likeness (QED) is 0.151. The molecule has 0 N–H and O–H groups in total. The summed E-state index contributed by atoms with van der Waals surface area (Å²) < 4.78 is 6.68. The van der Waals surface area contributed by atoms with Gasteiger partial charge >= 0.3 is 0 Å². The average Bonchev–Trinajstić information content (AvgIpc) is 3.92. The molecule has 0 unspecified atom stereocenters. The zero-order valence-corrected chi connectivity index (χ0v) is 36.7. The highest BCUT2D eigenvalue weighted by Crippen LogP contribution is 2.59. The lowest BCUT2D eigenvalue weighted by Crippen LogP contribution is -2.30. The van der Waals surface area contributed by atoms with E-state index in [-0.39, 0.29) is 0 Å². The third-order valence-electron chi connectivity index (χ3n) is 14.0. The molecule has 0 saturated carbocycles. The van der Waals surface area contributed by atoms with Crippen molar-refractivity contribution in [1.29, 1.82) is 0 Å². The van der Waals surface area contributed by atoms with E-state index in [4.69, 9.17) is 4.42 Å². The van der Waals surface area contributed by atoms with Crippen LogP contribution in [-0.4, -0.2) is 0 Å². The molecule has 314 valence electrons. The SMILES string of the molecule is c1ccc(-c2ccccc2-c2ccc3oc4ccc(N(c5ccccc5-c5cccc6ccccc56)c5ccccc5C5(c6ccccc6)c6ccccc6-c6ccccc65)cc4c3c2)cc1. The van der Waals surface area contributed by atoms with Gasteiger partial charge < -0.3 is 9.32 Å². The zero-order chi connectivity index (χ0) is 44.3. The molecule has 0 bridgehead atoms. The molecule has 0 saturated heterocycles. The highest BCUT2D eigenvalue weighted by molar-refractivity contribution is 6.09. The maximum Gasteiger partial charge on any atom is 0.135 e. The van der Waals surface area contributed by atoms with Gasteiger partial charge in [0.2, 0.25) is 0 Å². The predicted molar refractivity (Wildman–Crippen MR) is 280 cm³/mol. The van der Waals surface area contributed by atoms with Crippen molar-refractivity contribution in [2.45, 2.75) is 5.41 Å². The Labute approximate surface area is 390 Å². The molecular weight excluding hydrogens is 811 g/mol. The Kier molecular flexibility index (Phi) is 9.11. The van der Waals surface area contributed by atoms with Crippen LogP contribution in [-0.2, 0) is 5.41 Å². The second-order valence-corrected chi connectivity index (χ2v) is 17.5. The van der Waals surface area contributed by atoms with Gasteiger partial charge in [0.1, 0.15) is 11.2 Å². The van der Waals surface area contributed by atoms with Crippen LogP contribution in [0.2, 0.25) is 0 Å². The molecule has 67 heavy (non-hydrogen) atoms. The number of furan rings is 1. The monoisotopic (exact) mass is 853 g/mol. The van der Waals surface area contributed by atoms with Crippen molar-refractivity contribution in [2.75, 3.05) is 4.90 Å². The van der Waals surface area contributed by atoms with Crippen LogP contribution in [0.1, 0.15) is 22.3 Å². The van der Waals surface area contributed by atoms with Crippen LogP contribution >= 0.6 is 0 Å². The first-order valence-corrected chi connectivity index (χ1v) is 23.1. The molecule has 0 amide bonds. The molecule has 1 aliphatic rings. The van der Waals surface area contributed by atoms with Crippen LogP contribution in [0.25, 0.3) is 77.2 Å². The summed E-state index contributed by atoms with van der Waals surface area (Å²) in [7, 11) is 0. The first-order valence-electron chi connectivity index (χ1n) is 23.1. The Morgan fingerprint density at radius 1 is 0.299 bits per heavy atom. The third kappa shape index (κ3) is 6.11. The molecule has 1 heterocycles. The topological polar surface area (TPSA) is 16.4 Å². The molecule has 12 aromatic rings. The van der Waals surface area contributed by atoms with Gasteiger partial charge in [-0.25, -0.2) is 0 Å². The van der Waals surface area contributed by atoms with E-state index in [1.165, 1.54) is 66.4 Å². The summed E-state index contributed by atoms with van der Waals surface area (Å²) in [5, 5.41) is 4.56. The maximum absolute atomic E-state index is 6.68. The number of benzene rings is 11. The minimum atomic E-state index is -0.634. The van der Waals surface area contributed by atoms with Crippen molar-refractivity contribution in [1.82, 2.24) is 0 Å². The normalized spacial score (nSPS) is 12.6. The van der Waals surface area contributed by atoms with Crippen molar-refractivity contribution in [2.24, 2.45) is 0 Å². The van der Waals surface area contributed by atoms with E-state index >= 15 is 0 Å². The molecule has 0 aliphatic heterocycles. The zero-order valence-electron chi connectivity index (χ0n) is 36.7. The molecular formula is C65H43NO. The van der Waals surface area contributed by atoms with Crippen LogP contribution in [0.5, 0.6) is 0 Å². The lowest BCUT2D eigenvalue weighted by Gasteiger charge is -2.38. The summed E-state index contributed by atoms with van der Waals surface area (Å²) in [4.78, 5) is 2.51. The molecule has 0 spiro atoms. The van der Waals surface area contributed by atoms with Gasteiger partial charge in [-0.3, -0.25) is 0 Å². The lowest BCUT2D eigenvalue weighted by atomic mass is 9.67. The number of hydrogen-bond acceptors (Lipinski definition) is 2. The summed E-state index contributed by atoms with van der Waals surface area (Å²) in [5.41, 5.74) is 18.8. The fourth-order valence-electron chi connectivity index (χ4n) is 11.1. The van der Waals surface area contributed by atoms with Gasteiger partial charge in [0.15, 0.2) is 0 Å². The number of nitrogens with zero attached hydrogens (tertiary/aromatic N) is 1. The van der Waals surface area contributed by atoms with E-state index in [0.717, 1.165) is 50.1 Å². The molecule has 0 radical (unpaired) electrons. The first kappa shape index (κ1) is 38.7. The first-order chi connectivity index (χ1) is 33.3. The van der Waals surface area contributed by atoms with Gasteiger partial charge in [0, 0.05) is 22.0 Å². The molecule has 1 aliphatic carbocycles. The van der Waals surface area contributed by atoms with Gasteiger partial charge in [0.25, 0.3) is 0 Å². The average molecular weight is 854 g/mol. The van der Waals surface area contributed by atoms with Crippen molar-refractivity contribution in [3.63, 3.8) is 0 Å². The summed E-state index contributed by atoms with van der Waals surface area (Å²) in [6.07, 6.45) is 0. The van der Waals surface area contributed by atoms with Gasteiger partial charge in [-0.15, -0.1) is 0 Å². The number of rotatable bonds is 8. The summed E-state index contributed by atoms with van der Waals surface area (Å²) in [5.74, 6) is 0. The Morgan fingerprint density at radius 3 is 1.54 bits per heavy atom. The summed E-state index contributed by atoms with van der Waals surface area (Å²) >= 11 is 0. The van der Waals surface area contributed by atoms with Crippen molar-refractivity contribution >= 4 is 49.8 Å². The fraction of sp³-hybridized carbons (Fsp3) is 0.0154. The molecule has 2 nitrogen and oxygen atoms in total. The van der Waals surface area contributed by atoms with E-state index in [1.54, 1.807) is 0 Å². The van der Waals surface area contributed by atoms with Crippen molar-refractivity contribution in [3.8, 4) is 44.5 Å². The Balaban J connectivity index is 1.10. The summed E-state index contributed by atoms with van der Waals surface area (Å²) in [6.45, 7) is 0. The smallest absolute Gasteiger partial charge is 0.135 e. The van der Waals surface area contributed by atoms with E-state index in [2.05, 4.69) is 266 Å². The molecule has 0 fully saturated rings. The van der Waals surface area contributed by atoms with Gasteiger partial charge in [0.05, 0.1) is 16.8 Å². The number of fused-ring (bicyclic) bond motifs is 7. The van der Waals surface area contributed by atoms with Gasteiger partial charge in [-0.2, -0.15) is 0 Å². The number of para-hydroxylation sites is 2.